The molecule has 0 radical (unpaired) electrons. The first-order valence-corrected chi connectivity index (χ1v) is 7.94. The van der Waals surface area contributed by atoms with Gasteiger partial charge in [-0.25, -0.2) is 0 Å². The summed E-state index contributed by atoms with van der Waals surface area (Å²) in [5.74, 6) is 1.42. The predicted molar refractivity (Wildman–Crippen MR) is 96.7 cm³/mol. The highest BCUT2D eigenvalue weighted by molar-refractivity contribution is 6.30. The van der Waals surface area contributed by atoms with E-state index in [1.807, 2.05) is 66.7 Å². The Labute approximate surface area is 145 Å². The summed E-state index contributed by atoms with van der Waals surface area (Å²) >= 11 is 5.84. The first-order valence-electron chi connectivity index (χ1n) is 7.56. The molecule has 0 aromatic heterocycles. The van der Waals surface area contributed by atoms with Crippen LogP contribution in [0, 0.1) is 0 Å². The third-order valence-electron chi connectivity index (χ3n) is 3.39. The topological polar surface area (TPSA) is 38.3 Å². The molecular weight excluding hydrogens is 322 g/mol. The molecule has 0 spiro atoms. The highest BCUT2D eigenvalue weighted by Crippen LogP contribution is 2.22. The summed E-state index contributed by atoms with van der Waals surface area (Å²) in [5.41, 5.74) is 1.65. The van der Waals surface area contributed by atoms with Gasteiger partial charge in [0, 0.05) is 10.7 Å². The van der Waals surface area contributed by atoms with Crippen molar-refractivity contribution in [3.8, 4) is 11.5 Å². The Bertz CT molecular complexity index is 799. The molecule has 120 valence electrons. The Hall–Kier alpha value is -2.78. The molecule has 1 amide bonds. The summed E-state index contributed by atoms with van der Waals surface area (Å²) in [4.78, 5) is 12.1. The van der Waals surface area contributed by atoms with Gasteiger partial charge in [-0.05, 0) is 54.1 Å². The van der Waals surface area contributed by atoms with Crippen LogP contribution >= 0.6 is 11.6 Å². The lowest BCUT2D eigenvalue weighted by Gasteiger charge is -2.08. The third-order valence-corrected chi connectivity index (χ3v) is 3.65. The number of rotatable bonds is 5. The molecule has 24 heavy (non-hydrogen) atoms. The zero-order valence-electron chi connectivity index (χ0n) is 12.9. The highest BCUT2D eigenvalue weighted by atomic mass is 35.5. The van der Waals surface area contributed by atoms with E-state index in [4.69, 9.17) is 16.3 Å². The number of carbonyl (C=O) groups excluding carboxylic acids is 1. The van der Waals surface area contributed by atoms with E-state index >= 15 is 0 Å². The van der Waals surface area contributed by atoms with Crippen LogP contribution in [-0.4, -0.2) is 5.91 Å². The molecule has 0 saturated heterocycles. The minimum absolute atomic E-state index is 0.0750. The fourth-order valence-electron chi connectivity index (χ4n) is 2.22. The van der Waals surface area contributed by atoms with Crippen LogP contribution < -0.4 is 10.1 Å². The van der Waals surface area contributed by atoms with Crippen molar-refractivity contribution >= 4 is 23.2 Å². The number of carbonyl (C=O) groups is 1. The molecule has 3 nitrogen and oxygen atoms in total. The van der Waals surface area contributed by atoms with Gasteiger partial charge >= 0.3 is 0 Å². The number of ether oxygens (including phenoxy) is 1. The number of hydrogen-bond acceptors (Lipinski definition) is 2. The van der Waals surface area contributed by atoms with Crippen LogP contribution in [0.3, 0.4) is 0 Å². The maximum atomic E-state index is 12.1. The molecule has 0 saturated carbocycles. The van der Waals surface area contributed by atoms with Crippen molar-refractivity contribution in [1.82, 2.24) is 0 Å². The second kappa shape index (κ2) is 7.66. The quantitative estimate of drug-likeness (QED) is 0.684. The minimum atomic E-state index is -0.0750. The molecule has 0 atom stereocenters. The van der Waals surface area contributed by atoms with Crippen molar-refractivity contribution in [1.29, 1.82) is 0 Å². The van der Waals surface area contributed by atoms with Crippen LogP contribution in [0.25, 0.3) is 0 Å². The molecule has 0 aliphatic heterocycles. The number of amides is 1. The molecule has 0 aliphatic rings. The van der Waals surface area contributed by atoms with Crippen LogP contribution in [0.2, 0.25) is 5.02 Å². The van der Waals surface area contributed by atoms with E-state index in [-0.39, 0.29) is 5.91 Å². The third kappa shape index (κ3) is 4.61. The van der Waals surface area contributed by atoms with Gasteiger partial charge in [0.2, 0.25) is 5.91 Å². The lowest BCUT2D eigenvalue weighted by atomic mass is 10.1. The molecule has 0 bridgehead atoms. The Morgan fingerprint density at radius 3 is 2.12 bits per heavy atom. The Kier molecular flexibility index (Phi) is 5.14. The van der Waals surface area contributed by atoms with Crippen molar-refractivity contribution in [2.75, 3.05) is 5.32 Å². The molecule has 0 fully saturated rings. The second-order valence-electron chi connectivity index (χ2n) is 5.29. The molecule has 0 aliphatic carbocycles. The molecule has 1 N–H and O–H groups in total. The average Bonchev–Trinajstić information content (AvgIpc) is 2.60. The maximum absolute atomic E-state index is 12.1. The number of nitrogens with one attached hydrogen (secondary N) is 1. The van der Waals surface area contributed by atoms with E-state index in [2.05, 4.69) is 5.32 Å². The largest absolute Gasteiger partial charge is 0.457 e. The minimum Gasteiger partial charge on any atom is -0.457 e. The van der Waals surface area contributed by atoms with Crippen LogP contribution in [0.4, 0.5) is 5.69 Å². The van der Waals surface area contributed by atoms with Gasteiger partial charge in [-0.2, -0.15) is 0 Å². The van der Waals surface area contributed by atoms with E-state index < -0.39 is 0 Å². The summed E-state index contributed by atoms with van der Waals surface area (Å²) in [6.07, 6.45) is 0.305. The molecule has 3 aromatic carbocycles. The summed E-state index contributed by atoms with van der Waals surface area (Å²) in [6.45, 7) is 0. The van der Waals surface area contributed by atoms with Crippen molar-refractivity contribution < 1.29 is 9.53 Å². The Balaban J connectivity index is 1.57. The van der Waals surface area contributed by atoms with Crippen LogP contribution in [-0.2, 0) is 11.2 Å². The first kappa shape index (κ1) is 16.1. The smallest absolute Gasteiger partial charge is 0.228 e. The fraction of sp³-hybridized carbons (Fsp3) is 0.0500. The van der Waals surface area contributed by atoms with E-state index in [1.54, 1.807) is 12.1 Å². The summed E-state index contributed by atoms with van der Waals surface area (Å²) < 4.78 is 5.72. The van der Waals surface area contributed by atoms with Gasteiger partial charge in [-0.3, -0.25) is 4.79 Å². The molecule has 3 rings (SSSR count). The highest BCUT2D eigenvalue weighted by Gasteiger charge is 2.05. The number of para-hydroxylation sites is 1. The van der Waals surface area contributed by atoms with E-state index in [9.17, 15) is 4.79 Å². The van der Waals surface area contributed by atoms with Gasteiger partial charge in [-0.1, -0.05) is 41.9 Å². The predicted octanol–water partition coefficient (Wildman–Crippen LogP) is 5.31. The SMILES string of the molecule is O=C(Cc1ccc(Cl)cc1)Nc1ccc(Oc2ccccc2)cc1. The van der Waals surface area contributed by atoms with Gasteiger partial charge in [0.15, 0.2) is 0 Å². The maximum Gasteiger partial charge on any atom is 0.228 e. The number of anilines is 1. The molecule has 0 unspecified atom stereocenters. The normalized spacial score (nSPS) is 10.2. The van der Waals surface area contributed by atoms with Gasteiger partial charge in [-0.15, -0.1) is 0 Å². The average molecular weight is 338 g/mol. The number of benzene rings is 3. The van der Waals surface area contributed by atoms with Crippen molar-refractivity contribution in [2.24, 2.45) is 0 Å². The Morgan fingerprint density at radius 2 is 1.46 bits per heavy atom. The van der Waals surface area contributed by atoms with Crippen molar-refractivity contribution in [3.05, 3.63) is 89.4 Å². The summed E-state index contributed by atoms with van der Waals surface area (Å²) in [5, 5.41) is 3.53. The molecular formula is C20H16ClNO2. The number of halogens is 1. The zero-order chi connectivity index (χ0) is 16.8. The van der Waals surface area contributed by atoms with Gasteiger partial charge in [0.05, 0.1) is 6.42 Å². The standard InChI is InChI=1S/C20H16ClNO2/c21-16-8-6-15(7-9-16)14-20(23)22-17-10-12-19(13-11-17)24-18-4-2-1-3-5-18/h1-13H,14H2,(H,22,23). The van der Waals surface area contributed by atoms with E-state index in [0.29, 0.717) is 11.4 Å². The zero-order valence-corrected chi connectivity index (χ0v) is 13.7. The van der Waals surface area contributed by atoms with E-state index in [1.165, 1.54) is 0 Å². The Morgan fingerprint density at radius 1 is 0.833 bits per heavy atom. The second-order valence-corrected chi connectivity index (χ2v) is 5.73. The van der Waals surface area contributed by atoms with Crippen LogP contribution in [0.5, 0.6) is 11.5 Å². The lowest BCUT2D eigenvalue weighted by Crippen LogP contribution is -2.14. The van der Waals surface area contributed by atoms with Crippen molar-refractivity contribution in [3.63, 3.8) is 0 Å². The van der Waals surface area contributed by atoms with E-state index in [0.717, 1.165) is 22.7 Å². The van der Waals surface area contributed by atoms with Crippen LogP contribution in [0.15, 0.2) is 78.9 Å². The molecule has 3 aromatic rings. The van der Waals surface area contributed by atoms with Crippen molar-refractivity contribution in [2.45, 2.75) is 6.42 Å². The lowest BCUT2D eigenvalue weighted by molar-refractivity contribution is -0.115. The summed E-state index contributed by atoms with van der Waals surface area (Å²) in [7, 11) is 0. The first-order chi connectivity index (χ1) is 11.7. The molecule has 0 heterocycles. The van der Waals surface area contributed by atoms with Crippen LogP contribution in [0.1, 0.15) is 5.56 Å². The summed E-state index contributed by atoms with van der Waals surface area (Å²) in [6, 6.07) is 24.1. The molecule has 4 heteroatoms. The fourth-order valence-corrected chi connectivity index (χ4v) is 2.35. The number of hydrogen-bond donors (Lipinski definition) is 1. The van der Waals surface area contributed by atoms with Gasteiger partial charge in [0.25, 0.3) is 0 Å². The van der Waals surface area contributed by atoms with Gasteiger partial charge in [0.1, 0.15) is 11.5 Å². The van der Waals surface area contributed by atoms with Gasteiger partial charge < -0.3 is 10.1 Å². The monoisotopic (exact) mass is 337 g/mol.